The lowest BCUT2D eigenvalue weighted by Crippen LogP contribution is -2.39. The maximum atomic E-state index is 12.4. The fourth-order valence-electron chi connectivity index (χ4n) is 1.77. The molecule has 0 aliphatic carbocycles. The van der Waals surface area contributed by atoms with Crippen molar-refractivity contribution in [1.82, 2.24) is 5.32 Å². The van der Waals surface area contributed by atoms with E-state index >= 15 is 0 Å². The lowest BCUT2D eigenvalue weighted by Gasteiger charge is -2.21. The Hall–Kier alpha value is -1.56. The van der Waals surface area contributed by atoms with Crippen LogP contribution in [0, 0.1) is 5.92 Å². The second-order valence-corrected chi connectivity index (χ2v) is 4.91. The van der Waals surface area contributed by atoms with Gasteiger partial charge in [0.1, 0.15) is 0 Å². The molecule has 6 heteroatoms. The number of aliphatic hydroxyl groups excluding tert-OH is 1. The summed E-state index contributed by atoms with van der Waals surface area (Å²) < 4.78 is 37.2. The quantitative estimate of drug-likeness (QED) is 0.875. The van der Waals surface area contributed by atoms with Gasteiger partial charge in [0.25, 0.3) is 5.91 Å². The van der Waals surface area contributed by atoms with Crippen molar-refractivity contribution in [1.29, 1.82) is 0 Å². The largest absolute Gasteiger partial charge is 0.416 e. The average Bonchev–Trinajstić information content (AvgIpc) is 2.37. The van der Waals surface area contributed by atoms with Crippen LogP contribution in [0.1, 0.15) is 36.2 Å². The van der Waals surface area contributed by atoms with Gasteiger partial charge in [0, 0.05) is 18.2 Å². The summed E-state index contributed by atoms with van der Waals surface area (Å²) in [4.78, 5) is 11.9. The van der Waals surface area contributed by atoms with Gasteiger partial charge in [-0.1, -0.05) is 13.8 Å². The van der Waals surface area contributed by atoms with Crippen molar-refractivity contribution in [3.05, 3.63) is 35.4 Å². The highest BCUT2D eigenvalue weighted by Gasteiger charge is 2.30. The number of hydrogen-bond donors (Lipinski definition) is 2. The fraction of sp³-hybridized carbons (Fsp3) is 0.500. The topological polar surface area (TPSA) is 49.3 Å². The SMILES string of the molecule is CC(C)C(CCO)NC(=O)c1ccc(C(F)(F)F)cc1. The minimum atomic E-state index is -4.41. The van der Waals surface area contributed by atoms with Crippen molar-refractivity contribution in [2.24, 2.45) is 5.92 Å². The molecular weight excluding hydrogens is 271 g/mol. The van der Waals surface area contributed by atoms with Gasteiger partial charge in [-0.25, -0.2) is 0 Å². The molecule has 1 atom stereocenters. The van der Waals surface area contributed by atoms with Crippen LogP contribution in [-0.2, 0) is 6.18 Å². The van der Waals surface area contributed by atoms with Crippen LogP contribution in [0.15, 0.2) is 24.3 Å². The van der Waals surface area contributed by atoms with Crippen LogP contribution in [0.4, 0.5) is 13.2 Å². The molecule has 1 aromatic rings. The number of halogens is 3. The Morgan fingerprint density at radius 3 is 2.20 bits per heavy atom. The zero-order valence-corrected chi connectivity index (χ0v) is 11.4. The predicted octanol–water partition coefficient (Wildman–Crippen LogP) is 2.84. The standard InChI is InChI=1S/C14H18F3NO2/c1-9(2)12(7-8-19)18-13(20)10-3-5-11(6-4-10)14(15,16)17/h3-6,9,12,19H,7-8H2,1-2H3,(H,18,20). The van der Waals surface area contributed by atoms with Gasteiger partial charge in [-0.2, -0.15) is 13.2 Å². The molecule has 0 bridgehead atoms. The number of alkyl halides is 3. The Bertz CT molecular complexity index is 441. The lowest BCUT2D eigenvalue weighted by atomic mass is 10.0. The molecule has 112 valence electrons. The molecular formula is C14H18F3NO2. The van der Waals surface area contributed by atoms with E-state index in [1.165, 1.54) is 0 Å². The highest BCUT2D eigenvalue weighted by molar-refractivity contribution is 5.94. The van der Waals surface area contributed by atoms with Gasteiger partial charge in [0.15, 0.2) is 0 Å². The Balaban J connectivity index is 2.77. The van der Waals surface area contributed by atoms with E-state index in [-0.39, 0.29) is 24.1 Å². The van der Waals surface area contributed by atoms with Gasteiger partial charge in [-0.3, -0.25) is 4.79 Å². The first-order valence-electron chi connectivity index (χ1n) is 6.34. The third-order valence-electron chi connectivity index (χ3n) is 3.04. The van der Waals surface area contributed by atoms with Crippen molar-refractivity contribution in [2.75, 3.05) is 6.61 Å². The fourth-order valence-corrected chi connectivity index (χ4v) is 1.77. The Morgan fingerprint density at radius 1 is 1.25 bits per heavy atom. The zero-order valence-electron chi connectivity index (χ0n) is 11.4. The van der Waals surface area contributed by atoms with E-state index in [0.29, 0.717) is 6.42 Å². The van der Waals surface area contributed by atoms with Gasteiger partial charge in [-0.15, -0.1) is 0 Å². The van der Waals surface area contributed by atoms with E-state index in [4.69, 9.17) is 5.11 Å². The molecule has 0 saturated heterocycles. The maximum absolute atomic E-state index is 12.4. The lowest BCUT2D eigenvalue weighted by molar-refractivity contribution is -0.137. The molecule has 0 fully saturated rings. The first-order chi connectivity index (χ1) is 9.25. The molecule has 3 nitrogen and oxygen atoms in total. The highest BCUT2D eigenvalue weighted by Crippen LogP contribution is 2.29. The second kappa shape index (κ2) is 6.74. The highest BCUT2D eigenvalue weighted by atomic mass is 19.4. The number of rotatable bonds is 5. The molecule has 1 amide bonds. The molecule has 20 heavy (non-hydrogen) atoms. The minimum Gasteiger partial charge on any atom is -0.396 e. The molecule has 2 N–H and O–H groups in total. The number of nitrogens with one attached hydrogen (secondary N) is 1. The van der Waals surface area contributed by atoms with Crippen LogP contribution in [0.25, 0.3) is 0 Å². The van der Waals surface area contributed by atoms with E-state index in [2.05, 4.69) is 5.32 Å². The van der Waals surface area contributed by atoms with Crippen molar-refractivity contribution in [3.8, 4) is 0 Å². The van der Waals surface area contributed by atoms with Crippen LogP contribution in [0.5, 0.6) is 0 Å². The second-order valence-electron chi connectivity index (χ2n) is 4.91. The molecule has 1 aromatic carbocycles. The van der Waals surface area contributed by atoms with Gasteiger partial charge < -0.3 is 10.4 Å². The van der Waals surface area contributed by atoms with Crippen molar-refractivity contribution >= 4 is 5.91 Å². The number of carbonyl (C=O) groups is 1. The molecule has 0 aromatic heterocycles. The molecule has 0 spiro atoms. The minimum absolute atomic E-state index is 0.0594. The average molecular weight is 289 g/mol. The van der Waals surface area contributed by atoms with E-state index in [0.717, 1.165) is 24.3 Å². The van der Waals surface area contributed by atoms with Crippen molar-refractivity contribution < 1.29 is 23.1 Å². The maximum Gasteiger partial charge on any atom is 0.416 e. The summed E-state index contributed by atoms with van der Waals surface area (Å²) in [5.41, 5.74) is -0.619. The number of benzene rings is 1. The summed E-state index contributed by atoms with van der Waals surface area (Å²) in [7, 11) is 0. The van der Waals surface area contributed by atoms with Crippen molar-refractivity contribution in [3.63, 3.8) is 0 Å². The van der Waals surface area contributed by atoms with Gasteiger partial charge >= 0.3 is 6.18 Å². The third kappa shape index (κ3) is 4.52. The number of carbonyl (C=O) groups excluding carboxylic acids is 1. The summed E-state index contributed by atoms with van der Waals surface area (Å²) in [5, 5.41) is 11.6. The van der Waals surface area contributed by atoms with E-state index < -0.39 is 17.6 Å². The van der Waals surface area contributed by atoms with Gasteiger partial charge in [0.2, 0.25) is 0 Å². The van der Waals surface area contributed by atoms with Crippen LogP contribution in [0.2, 0.25) is 0 Å². The molecule has 1 rings (SSSR count). The molecule has 0 saturated carbocycles. The van der Waals surface area contributed by atoms with E-state index in [9.17, 15) is 18.0 Å². The number of aliphatic hydroxyl groups is 1. The predicted molar refractivity (Wildman–Crippen MR) is 69.2 cm³/mol. The Morgan fingerprint density at radius 2 is 1.80 bits per heavy atom. The molecule has 0 heterocycles. The van der Waals surface area contributed by atoms with Crippen molar-refractivity contribution in [2.45, 2.75) is 32.5 Å². The number of amides is 1. The summed E-state index contributed by atoms with van der Waals surface area (Å²) in [5.74, 6) is -0.313. The normalized spacial score (nSPS) is 13.3. The Kier molecular flexibility index (Phi) is 5.56. The first kappa shape index (κ1) is 16.5. The van der Waals surface area contributed by atoms with Crippen LogP contribution in [0.3, 0.4) is 0 Å². The number of hydrogen-bond acceptors (Lipinski definition) is 2. The Labute approximate surface area is 115 Å². The van der Waals surface area contributed by atoms with Crippen LogP contribution < -0.4 is 5.32 Å². The first-order valence-corrected chi connectivity index (χ1v) is 6.34. The third-order valence-corrected chi connectivity index (χ3v) is 3.04. The summed E-state index contributed by atoms with van der Waals surface area (Å²) in [6, 6.07) is 3.84. The zero-order chi connectivity index (χ0) is 15.3. The van der Waals surface area contributed by atoms with Gasteiger partial charge in [0.05, 0.1) is 5.56 Å². The molecule has 0 radical (unpaired) electrons. The summed E-state index contributed by atoms with van der Waals surface area (Å²) in [6.45, 7) is 3.73. The van der Waals surface area contributed by atoms with E-state index in [1.807, 2.05) is 13.8 Å². The van der Waals surface area contributed by atoms with Crippen LogP contribution in [-0.4, -0.2) is 23.7 Å². The molecule has 0 aliphatic rings. The monoisotopic (exact) mass is 289 g/mol. The molecule has 1 unspecified atom stereocenters. The van der Waals surface area contributed by atoms with E-state index in [1.54, 1.807) is 0 Å². The summed E-state index contributed by atoms with van der Waals surface area (Å²) >= 11 is 0. The van der Waals surface area contributed by atoms with Gasteiger partial charge in [-0.05, 0) is 36.6 Å². The smallest absolute Gasteiger partial charge is 0.396 e. The van der Waals surface area contributed by atoms with Crippen LogP contribution >= 0.6 is 0 Å². The summed E-state index contributed by atoms with van der Waals surface area (Å²) in [6.07, 6.45) is -4.00. The molecule has 0 aliphatic heterocycles.